The first kappa shape index (κ1) is 24.1. The third-order valence-corrected chi connectivity index (χ3v) is 8.21. The van der Waals surface area contributed by atoms with Gasteiger partial charge in [0.15, 0.2) is 0 Å². The van der Waals surface area contributed by atoms with Gasteiger partial charge in [0.2, 0.25) is 0 Å². The summed E-state index contributed by atoms with van der Waals surface area (Å²) in [6, 6.07) is 11.7. The average molecular weight is 420 g/mol. The monoisotopic (exact) mass is 419 g/mol. The van der Waals surface area contributed by atoms with E-state index in [1.807, 2.05) is 6.08 Å². The van der Waals surface area contributed by atoms with Crippen LogP contribution in [0.15, 0.2) is 36.4 Å². The van der Waals surface area contributed by atoms with Crippen LogP contribution in [-0.4, -0.2) is 0 Å². The summed E-state index contributed by atoms with van der Waals surface area (Å²) in [5.41, 5.74) is 3.09. The molecule has 1 aromatic carbocycles. The molecule has 0 amide bonds. The fourth-order valence-corrected chi connectivity index (χ4v) is 6.17. The molecule has 0 spiro atoms. The predicted molar refractivity (Wildman–Crippen MR) is 133 cm³/mol. The largest absolute Gasteiger partial charge is 0.193 e. The third-order valence-electron chi connectivity index (χ3n) is 8.21. The van der Waals surface area contributed by atoms with Crippen LogP contribution < -0.4 is 0 Å². The van der Waals surface area contributed by atoms with Gasteiger partial charge in [0.1, 0.15) is 0 Å². The number of rotatable bonds is 11. The lowest BCUT2D eigenvalue weighted by Crippen LogP contribution is -2.15. The molecule has 1 heteroatoms. The smallest absolute Gasteiger partial charge is 0.0908 e. The van der Waals surface area contributed by atoms with Crippen molar-refractivity contribution in [1.29, 1.82) is 5.26 Å². The van der Waals surface area contributed by atoms with Crippen LogP contribution >= 0.6 is 0 Å². The highest BCUT2D eigenvalue weighted by atomic mass is 14.3. The Bertz CT molecular complexity index is 663. The normalized spacial score (nSPS) is 26.7. The fraction of sp³-hybridized carbons (Fsp3) is 0.700. The summed E-state index contributed by atoms with van der Waals surface area (Å²) >= 11 is 0. The van der Waals surface area contributed by atoms with Gasteiger partial charge in [0, 0.05) is 6.08 Å². The molecular weight excluding hydrogens is 374 g/mol. The van der Waals surface area contributed by atoms with Crippen LogP contribution in [0.4, 0.5) is 0 Å². The first-order chi connectivity index (χ1) is 15.3. The third kappa shape index (κ3) is 8.48. The summed E-state index contributed by atoms with van der Waals surface area (Å²) in [5, 5.41) is 8.57. The van der Waals surface area contributed by atoms with Crippen molar-refractivity contribution in [2.45, 2.75) is 116 Å². The van der Waals surface area contributed by atoms with Gasteiger partial charge in [-0.3, -0.25) is 0 Å². The van der Waals surface area contributed by atoms with Crippen molar-refractivity contribution in [3.63, 3.8) is 0 Å². The van der Waals surface area contributed by atoms with Gasteiger partial charge < -0.3 is 0 Å². The van der Waals surface area contributed by atoms with Crippen LogP contribution in [0.3, 0.4) is 0 Å². The molecule has 0 bridgehead atoms. The van der Waals surface area contributed by atoms with Crippen molar-refractivity contribution in [2.24, 2.45) is 17.8 Å². The van der Waals surface area contributed by atoms with E-state index < -0.39 is 0 Å². The van der Waals surface area contributed by atoms with Crippen molar-refractivity contribution in [3.8, 4) is 6.07 Å². The molecule has 0 aliphatic heterocycles. The minimum Gasteiger partial charge on any atom is -0.193 e. The molecule has 0 unspecified atom stereocenters. The fourth-order valence-electron chi connectivity index (χ4n) is 6.17. The minimum atomic E-state index is 0.817. The van der Waals surface area contributed by atoms with E-state index in [0.29, 0.717) is 0 Å². The summed E-state index contributed by atoms with van der Waals surface area (Å²) in [6.07, 6.45) is 25.9. The molecule has 170 valence electrons. The van der Waals surface area contributed by atoms with Crippen molar-refractivity contribution < 1.29 is 0 Å². The molecule has 0 saturated heterocycles. The predicted octanol–water partition coefficient (Wildman–Crippen LogP) is 9.14. The zero-order valence-corrected chi connectivity index (χ0v) is 20.0. The summed E-state index contributed by atoms with van der Waals surface area (Å²) < 4.78 is 0. The number of nitrogens with zero attached hydrogens (tertiary/aromatic N) is 1. The molecule has 0 N–H and O–H groups in total. The van der Waals surface area contributed by atoms with E-state index in [1.54, 1.807) is 11.6 Å². The molecule has 2 saturated carbocycles. The van der Waals surface area contributed by atoms with E-state index in [1.165, 1.54) is 102 Å². The molecule has 1 nitrogen and oxygen atoms in total. The molecule has 2 aliphatic carbocycles. The molecule has 0 aromatic heterocycles. The van der Waals surface area contributed by atoms with E-state index in [2.05, 4.69) is 37.3 Å². The van der Waals surface area contributed by atoms with Crippen LogP contribution in [0.25, 0.3) is 0 Å². The highest BCUT2D eigenvalue weighted by molar-refractivity contribution is 5.25. The number of nitriles is 1. The molecule has 2 aliphatic rings. The second kappa shape index (κ2) is 13.8. The van der Waals surface area contributed by atoms with Gasteiger partial charge in [-0.1, -0.05) is 95.1 Å². The Morgan fingerprint density at radius 3 is 1.90 bits per heavy atom. The number of aryl methyl sites for hydroxylation is 1. The minimum absolute atomic E-state index is 0.817. The summed E-state index contributed by atoms with van der Waals surface area (Å²) in [6.45, 7) is 2.26. The second-order valence-corrected chi connectivity index (χ2v) is 10.5. The van der Waals surface area contributed by atoms with Gasteiger partial charge in [-0.15, -0.1) is 0 Å². The maximum Gasteiger partial charge on any atom is 0.0908 e. The second-order valence-electron chi connectivity index (χ2n) is 10.5. The SMILES string of the molecule is CCCc1ccc([C@H]2CC[C@H](CCCC[C@H]3CC[C@H](CCC=CC#N)CC3)CC2)cc1. The zero-order chi connectivity index (χ0) is 21.7. The number of unbranched alkanes of at least 4 members (excludes halogenated alkanes) is 1. The van der Waals surface area contributed by atoms with Gasteiger partial charge in [0.25, 0.3) is 0 Å². The lowest BCUT2D eigenvalue weighted by molar-refractivity contribution is 0.244. The standard InChI is InChI=1S/C30H45N/c1-2-8-25-16-20-29(21-17-25)30-22-18-28(19-23-30)11-6-5-10-27-14-12-26(13-15-27)9-4-3-7-24-31/h3,7,16-17,20-21,26-28,30H,2,4-6,8-15,18-19,22-23H2,1H3/t26-,27-,28-,30-. The Morgan fingerprint density at radius 1 is 0.806 bits per heavy atom. The molecule has 1 aromatic rings. The van der Waals surface area contributed by atoms with Crippen LogP contribution in [-0.2, 0) is 6.42 Å². The average Bonchev–Trinajstić information content (AvgIpc) is 2.82. The summed E-state index contributed by atoms with van der Waals surface area (Å²) in [7, 11) is 0. The Balaban J connectivity index is 1.23. The molecule has 2 fully saturated rings. The molecule has 3 rings (SSSR count). The topological polar surface area (TPSA) is 23.8 Å². The molecule has 0 radical (unpaired) electrons. The van der Waals surface area contributed by atoms with E-state index in [-0.39, 0.29) is 0 Å². The number of hydrogen-bond donors (Lipinski definition) is 0. The van der Waals surface area contributed by atoms with E-state index in [9.17, 15) is 0 Å². The molecular formula is C30H45N. The van der Waals surface area contributed by atoms with Crippen molar-refractivity contribution in [3.05, 3.63) is 47.5 Å². The maximum atomic E-state index is 8.57. The van der Waals surface area contributed by atoms with Crippen LogP contribution in [0.5, 0.6) is 0 Å². The Morgan fingerprint density at radius 2 is 1.35 bits per heavy atom. The van der Waals surface area contributed by atoms with Crippen molar-refractivity contribution in [2.75, 3.05) is 0 Å². The summed E-state index contributed by atoms with van der Waals surface area (Å²) in [4.78, 5) is 0. The van der Waals surface area contributed by atoms with Gasteiger partial charge in [-0.2, -0.15) is 5.26 Å². The lowest BCUT2D eigenvalue weighted by Gasteiger charge is -2.30. The molecule has 0 heterocycles. The number of hydrogen-bond acceptors (Lipinski definition) is 1. The van der Waals surface area contributed by atoms with Crippen LogP contribution in [0.1, 0.15) is 120 Å². The Hall–Kier alpha value is -1.55. The van der Waals surface area contributed by atoms with Gasteiger partial charge in [0.05, 0.1) is 6.07 Å². The van der Waals surface area contributed by atoms with Crippen molar-refractivity contribution in [1.82, 2.24) is 0 Å². The van der Waals surface area contributed by atoms with E-state index >= 15 is 0 Å². The number of benzene rings is 1. The quantitative estimate of drug-likeness (QED) is 0.259. The van der Waals surface area contributed by atoms with E-state index in [4.69, 9.17) is 5.26 Å². The van der Waals surface area contributed by atoms with Crippen molar-refractivity contribution >= 4 is 0 Å². The Kier molecular flexibility index (Phi) is 10.7. The highest BCUT2D eigenvalue weighted by Crippen LogP contribution is 2.38. The van der Waals surface area contributed by atoms with Crippen LogP contribution in [0.2, 0.25) is 0 Å². The van der Waals surface area contributed by atoms with Gasteiger partial charge in [-0.25, -0.2) is 0 Å². The van der Waals surface area contributed by atoms with E-state index in [0.717, 1.165) is 30.1 Å². The molecule has 0 atom stereocenters. The van der Waals surface area contributed by atoms with Gasteiger partial charge in [-0.05, 0) is 79.7 Å². The number of allylic oxidation sites excluding steroid dienone is 2. The first-order valence-corrected chi connectivity index (χ1v) is 13.4. The molecule has 31 heavy (non-hydrogen) atoms. The summed E-state index contributed by atoms with van der Waals surface area (Å²) in [5.74, 6) is 3.72. The maximum absolute atomic E-state index is 8.57. The van der Waals surface area contributed by atoms with Crippen LogP contribution in [0, 0.1) is 29.1 Å². The van der Waals surface area contributed by atoms with Gasteiger partial charge >= 0.3 is 0 Å². The Labute approximate surface area is 192 Å². The lowest BCUT2D eigenvalue weighted by atomic mass is 9.76. The first-order valence-electron chi connectivity index (χ1n) is 13.4. The zero-order valence-electron chi connectivity index (χ0n) is 20.0. The highest BCUT2D eigenvalue weighted by Gasteiger charge is 2.23.